The zero-order chi connectivity index (χ0) is 35.7. The lowest BCUT2D eigenvalue weighted by molar-refractivity contribution is -0.870. The number of ether oxygens (including phenoxy) is 4. The number of carboxylic acid groups (broad SMARTS) is 1. The molecule has 0 aromatic rings. The van der Waals surface area contributed by atoms with Gasteiger partial charge in [-0.25, -0.2) is 4.79 Å². The molecule has 0 aliphatic rings. The Morgan fingerprint density at radius 2 is 1.17 bits per heavy atom. The van der Waals surface area contributed by atoms with Crippen LogP contribution < -0.4 is 0 Å². The van der Waals surface area contributed by atoms with Crippen LogP contribution in [0.4, 0.5) is 0 Å². The van der Waals surface area contributed by atoms with E-state index < -0.39 is 24.3 Å². The average molecular weight is 683 g/mol. The molecule has 2 atom stereocenters. The van der Waals surface area contributed by atoms with Crippen molar-refractivity contribution in [2.24, 2.45) is 0 Å². The zero-order valence-corrected chi connectivity index (χ0v) is 31.4. The van der Waals surface area contributed by atoms with Gasteiger partial charge in [-0.05, 0) is 38.5 Å². The Kier molecular flexibility index (Phi) is 30.5. The van der Waals surface area contributed by atoms with Crippen LogP contribution in [0.2, 0.25) is 0 Å². The number of carboxylic acids is 1. The van der Waals surface area contributed by atoms with Crippen LogP contribution in [0.25, 0.3) is 0 Å². The maximum atomic E-state index is 12.6. The van der Waals surface area contributed by atoms with Crippen molar-refractivity contribution >= 4 is 17.9 Å². The van der Waals surface area contributed by atoms with Crippen LogP contribution in [0.3, 0.4) is 0 Å². The monoisotopic (exact) mass is 683 g/mol. The molecule has 9 heteroatoms. The molecular formula is C39H72NO8+. The van der Waals surface area contributed by atoms with E-state index in [9.17, 15) is 19.5 Å². The van der Waals surface area contributed by atoms with Crippen LogP contribution in [-0.4, -0.2) is 87.4 Å². The van der Waals surface area contributed by atoms with Gasteiger partial charge < -0.3 is 28.5 Å². The number of rotatable bonds is 34. The van der Waals surface area contributed by atoms with Crippen molar-refractivity contribution < 1.29 is 42.9 Å². The van der Waals surface area contributed by atoms with Crippen molar-refractivity contribution in [2.75, 3.05) is 47.5 Å². The number of likely N-dealkylation sites (N-methyl/N-ethyl adjacent to an activating group) is 1. The van der Waals surface area contributed by atoms with Crippen molar-refractivity contribution in [1.29, 1.82) is 0 Å². The summed E-state index contributed by atoms with van der Waals surface area (Å²) in [5, 5.41) is 9.57. The molecule has 9 nitrogen and oxygen atoms in total. The fourth-order valence-corrected chi connectivity index (χ4v) is 4.93. The maximum absolute atomic E-state index is 12.6. The highest BCUT2D eigenvalue weighted by molar-refractivity contribution is 5.71. The summed E-state index contributed by atoms with van der Waals surface area (Å²) in [6.45, 7) is 4.75. The van der Waals surface area contributed by atoms with Crippen molar-refractivity contribution in [3.63, 3.8) is 0 Å². The molecular weight excluding hydrogens is 610 g/mol. The summed E-state index contributed by atoms with van der Waals surface area (Å²) in [5.41, 5.74) is 0. The summed E-state index contributed by atoms with van der Waals surface area (Å²) in [5.74, 6) is -2.03. The third-order valence-electron chi connectivity index (χ3n) is 7.94. The van der Waals surface area contributed by atoms with E-state index in [2.05, 4.69) is 38.2 Å². The number of unbranched alkanes of at least 4 members (excludes halogenated alkanes) is 15. The van der Waals surface area contributed by atoms with E-state index in [0.29, 0.717) is 23.9 Å². The van der Waals surface area contributed by atoms with Gasteiger partial charge in [0.05, 0.1) is 34.4 Å². The molecule has 280 valence electrons. The van der Waals surface area contributed by atoms with Gasteiger partial charge in [-0.2, -0.15) is 0 Å². The summed E-state index contributed by atoms with van der Waals surface area (Å²) < 4.78 is 22.6. The van der Waals surface area contributed by atoms with Crippen molar-refractivity contribution in [3.05, 3.63) is 24.3 Å². The number of quaternary nitrogens is 1. The predicted octanol–water partition coefficient (Wildman–Crippen LogP) is 8.94. The minimum absolute atomic E-state index is 0.185. The Labute approximate surface area is 293 Å². The molecule has 0 spiro atoms. The lowest BCUT2D eigenvalue weighted by Gasteiger charge is -2.25. The number of hydrogen-bond donors (Lipinski definition) is 1. The number of nitrogens with zero attached hydrogens (tertiary/aromatic N) is 1. The van der Waals surface area contributed by atoms with Crippen LogP contribution in [-0.2, 0) is 33.3 Å². The van der Waals surface area contributed by atoms with Gasteiger partial charge in [0.25, 0.3) is 6.29 Å². The Morgan fingerprint density at radius 1 is 0.625 bits per heavy atom. The van der Waals surface area contributed by atoms with Gasteiger partial charge in [-0.3, -0.25) is 9.59 Å². The lowest BCUT2D eigenvalue weighted by Crippen LogP contribution is -2.40. The molecule has 0 saturated carbocycles. The number of carbonyl (C=O) groups is 3. The van der Waals surface area contributed by atoms with E-state index in [4.69, 9.17) is 18.9 Å². The first-order valence-electron chi connectivity index (χ1n) is 19.0. The average Bonchev–Trinajstić information content (AvgIpc) is 3.03. The van der Waals surface area contributed by atoms with Crippen molar-refractivity contribution in [2.45, 2.75) is 161 Å². The second kappa shape index (κ2) is 32.0. The second-order valence-electron chi connectivity index (χ2n) is 13.9. The van der Waals surface area contributed by atoms with Gasteiger partial charge in [0.1, 0.15) is 13.2 Å². The molecule has 0 radical (unpaired) electrons. The molecule has 0 aromatic heterocycles. The smallest absolute Gasteiger partial charge is 0.361 e. The van der Waals surface area contributed by atoms with E-state index >= 15 is 0 Å². The molecule has 48 heavy (non-hydrogen) atoms. The largest absolute Gasteiger partial charge is 0.477 e. The molecule has 0 aliphatic carbocycles. The number of esters is 2. The number of hydrogen-bond acceptors (Lipinski definition) is 7. The van der Waals surface area contributed by atoms with Gasteiger partial charge in [0.2, 0.25) is 0 Å². The van der Waals surface area contributed by atoms with E-state index in [1.807, 2.05) is 21.1 Å². The second-order valence-corrected chi connectivity index (χ2v) is 13.9. The first kappa shape index (κ1) is 45.8. The maximum Gasteiger partial charge on any atom is 0.361 e. The predicted molar refractivity (Wildman–Crippen MR) is 194 cm³/mol. The summed E-state index contributed by atoms with van der Waals surface area (Å²) in [7, 11) is 5.93. The van der Waals surface area contributed by atoms with Crippen LogP contribution >= 0.6 is 0 Å². The number of aliphatic carboxylic acids is 1. The van der Waals surface area contributed by atoms with Gasteiger partial charge in [-0.1, -0.05) is 122 Å². The van der Waals surface area contributed by atoms with Crippen LogP contribution in [0.15, 0.2) is 24.3 Å². The van der Waals surface area contributed by atoms with Crippen molar-refractivity contribution in [1.82, 2.24) is 0 Å². The fraction of sp³-hybridized carbons (Fsp3) is 0.821. The molecule has 0 amide bonds. The van der Waals surface area contributed by atoms with Gasteiger partial charge in [0.15, 0.2) is 6.10 Å². The Bertz CT molecular complexity index is 851. The molecule has 0 fully saturated rings. The molecule has 0 bridgehead atoms. The van der Waals surface area contributed by atoms with Gasteiger partial charge >= 0.3 is 17.9 Å². The summed E-state index contributed by atoms with van der Waals surface area (Å²) in [6.07, 6.45) is 28.1. The zero-order valence-electron chi connectivity index (χ0n) is 31.4. The standard InChI is InChI=1S/C39H71NO8/c1-6-8-10-12-14-16-18-19-20-22-24-26-28-30-37(42)48-35(34-47-39(38(43)44)45-32-31-40(3,4)5)33-46-36(41)29-27-25-23-21-17-15-13-11-9-7-2/h10,12,16,18,35,39H,6-9,11,13-15,17,19-34H2,1-5H3/p+1/b12-10-,18-16-. The van der Waals surface area contributed by atoms with Crippen LogP contribution in [0.1, 0.15) is 149 Å². The van der Waals surface area contributed by atoms with E-state index in [-0.39, 0.29) is 32.2 Å². The van der Waals surface area contributed by atoms with Gasteiger partial charge in [-0.15, -0.1) is 0 Å². The first-order chi connectivity index (χ1) is 23.1. The van der Waals surface area contributed by atoms with E-state index in [0.717, 1.165) is 64.2 Å². The highest BCUT2D eigenvalue weighted by Gasteiger charge is 2.25. The van der Waals surface area contributed by atoms with Gasteiger partial charge in [0, 0.05) is 12.8 Å². The summed E-state index contributed by atoms with van der Waals surface area (Å²) >= 11 is 0. The lowest BCUT2D eigenvalue weighted by atomic mass is 10.1. The quantitative estimate of drug-likeness (QED) is 0.0236. The summed E-state index contributed by atoms with van der Waals surface area (Å²) in [4.78, 5) is 36.8. The Morgan fingerprint density at radius 3 is 1.73 bits per heavy atom. The minimum atomic E-state index is -1.51. The normalized spacial score (nSPS) is 13.3. The number of allylic oxidation sites excluding steroid dienone is 4. The van der Waals surface area contributed by atoms with Crippen molar-refractivity contribution in [3.8, 4) is 0 Å². The van der Waals surface area contributed by atoms with Crippen LogP contribution in [0.5, 0.6) is 0 Å². The molecule has 0 aliphatic heterocycles. The van der Waals surface area contributed by atoms with Crippen LogP contribution in [0, 0.1) is 0 Å². The third-order valence-corrected chi connectivity index (χ3v) is 7.94. The molecule has 2 unspecified atom stereocenters. The van der Waals surface area contributed by atoms with E-state index in [1.54, 1.807) is 0 Å². The highest BCUT2D eigenvalue weighted by atomic mass is 16.7. The molecule has 0 saturated heterocycles. The Balaban J connectivity index is 4.57. The SMILES string of the molecule is CCC/C=C\C/C=C\CCCCCCCC(=O)OC(COC(=O)CCCCCCCCCCCC)COC(OCC[N+](C)(C)C)C(=O)O. The van der Waals surface area contributed by atoms with E-state index in [1.165, 1.54) is 51.4 Å². The molecule has 1 N–H and O–H groups in total. The number of carbonyl (C=O) groups excluding carboxylic acids is 2. The summed E-state index contributed by atoms with van der Waals surface area (Å²) in [6, 6.07) is 0. The highest BCUT2D eigenvalue weighted by Crippen LogP contribution is 2.13. The fourth-order valence-electron chi connectivity index (χ4n) is 4.93. The molecule has 0 aromatic carbocycles. The first-order valence-corrected chi connectivity index (χ1v) is 19.0. The Hall–Kier alpha value is -2.23. The topological polar surface area (TPSA) is 108 Å². The molecule has 0 rings (SSSR count). The minimum Gasteiger partial charge on any atom is -0.477 e. The third kappa shape index (κ3) is 32.3. The molecule has 0 heterocycles.